The van der Waals surface area contributed by atoms with E-state index in [1.54, 1.807) is 23.0 Å². The van der Waals surface area contributed by atoms with Crippen molar-refractivity contribution in [3.63, 3.8) is 0 Å². The molecule has 86 valence electrons. The highest BCUT2D eigenvalue weighted by Gasteiger charge is 2.11. The largest absolute Gasteiger partial charge is 0.394 e. The number of fused-ring (bicyclic) bond motifs is 1. The first kappa shape index (κ1) is 10.7. The molecule has 0 aliphatic heterocycles. The van der Waals surface area contributed by atoms with Gasteiger partial charge in [0.25, 0.3) is 0 Å². The molecule has 0 spiro atoms. The highest BCUT2D eigenvalue weighted by atomic mass is 16.3. The standard InChI is InChI=1S/C9H13N5O2/c10-7-3-14-2-1-11-9(14)8(13-7)12-6(4-15)5-16/h1-3,6,15-16H,4-5,10H2,(H,12,13). The van der Waals surface area contributed by atoms with Crippen LogP contribution >= 0.6 is 0 Å². The van der Waals surface area contributed by atoms with Crippen LogP contribution in [0.4, 0.5) is 11.6 Å². The Hall–Kier alpha value is -1.86. The SMILES string of the molecule is Nc1cn2ccnc2c(NC(CO)CO)n1. The van der Waals surface area contributed by atoms with Crippen molar-refractivity contribution in [2.24, 2.45) is 0 Å². The second-order valence-electron chi connectivity index (χ2n) is 3.38. The van der Waals surface area contributed by atoms with E-state index in [1.807, 2.05) is 0 Å². The van der Waals surface area contributed by atoms with Crippen molar-refractivity contribution >= 4 is 17.3 Å². The average Bonchev–Trinajstić information content (AvgIpc) is 2.73. The van der Waals surface area contributed by atoms with Crippen LogP contribution in [0.3, 0.4) is 0 Å². The third-order valence-electron chi connectivity index (χ3n) is 2.17. The molecule has 0 aliphatic carbocycles. The van der Waals surface area contributed by atoms with Crippen LogP contribution in [-0.4, -0.2) is 43.8 Å². The second kappa shape index (κ2) is 4.33. The second-order valence-corrected chi connectivity index (χ2v) is 3.38. The molecule has 0 aromatic carbocycles. The fourth-order valence-electron chi connectivity index (χ4n) is 1.39. The molecule has 0 radical (unpaired) electrons. The first-order chi connectivity index (χ1) is 7.74. The third kappa shape index (κ3) is 1.90. The van der Waals surface area contributed by atoms with E-state index in [9.17, 15) is 0 Å². The van der Waals surface area contributed by atoms with E-state index in [2.05, 4.69) is 15.3 Å². The van der Waals surface area contributed by atoms with E-state index in [1.165, 1.54) is 0 Å². The molecule has 0 saturated heterocycles. The summed E-state index contributed by atoms with van der Waals surface area (Å²) in [5.41, 5.74) is 6.22. The van der Waals surface area contributed by atoms with Crippen LogP contribution in [0.5, 0.6) is 0 Å². The predicted octanol–water partition coefficient (Wildman–Crippen LogP) is -0.923. The summed E-state index contributed by atoms with van der Waals surface area (Å²) in [6.45, 7) is -0.389. The van der Waals surface area contributed by atoms with Crippen LogP contribution in [0.25, 0.3) is 5.65 Å². The molecule has 2 aromatic heterocycles. The number of hydrogen-bond acceptors (Lipinski definition) is 6. The van der Waals surface area contributed by atoms with Gasteiger partial charge in [0.1, 0.15) is 5.82 Å². The van der Waals surface area contributed by atoms with Gasteiger partial charge in [-0.05, 0) is 0 Å². The number of nitrogen functional groups attached to an aromatic ring is 1. The molecule has 0 aliphatic rings. The summed E-state index contributed by atoms with van der Waals surface area (Å²) < 4.78 is 1.72. The van der Waals surface area contributed by atoms with Crippen LogP contribution in [0, 0.1) is 0 Å². The summed E-state index contributed by atoms with van der Waals surface area (Å²) in [6, 6.07) is -0.477. The molecule has 0 atom stereocenters. The lowest BCUT2D eigenvalue weighted by molar-refractivity contribution is 0.203. The Balaban J connectivity index is 2.38. The normalized spacial score (nSPS) is 11.2. The first-order valence-electron chi connectivity index (χ1n) is 4.82. The Bertz CT molecular complexity index is 480. The first-order valence-corrected chi connectivity index (χ1v) is 4.82. The number of rotatable bonds is 4. The van der Waals surface area contributed by atoms with Gasteiger partial charge in [-0.1, -0.05) is 0 Å². The van der Waals surface area contributed by atoms with Gasteiger partial charge in [0.05, 0.1) is 25.5 Å². The quantitative estimate of drug-likeness (QED) is 0.533. The molecular formula is C9H13N5O2. The van der Waals surface area contributed by atoms with Gasteiger partial charge in [0.15, 0.2) is 11.5 Å². The fourth-order valence-corrected chi connectivity index (χ4v) is 1.39. The van der Waals surface area contributed by atoms with E-state index >= 15 is 0 Å². The molecule has 16 heavy (non-hydrogen) atoms. The Labute approximate surface area is 91.6 Å². The number of anilines is 2. The van der Waals surface area contributed by atoms with Crippen molar-refractivity contribution in [3.05, 3.63) is 18.6 Å². The molecule has 7 heteroatoms. The van der Waals surface area contributed by atoms with Crippen LogP contribution < -0.4 is 11.1 Å². The van der Waals surface area contributed by atoms with Crippen molar-refractivity contribution in [3.8, 4) is 0 Å². The maximum absolute atomic E-state index is 8.97. The van der Waals surface area contributed by atoms with Gasteiger partial charge in [-0.3, -0.25) is 0 Å². The van der Waals surface area contributed by atoms with Gasteiger partial charge < -0.3 is 25.7 Å². The number of nitrogens with zero attached hydrogens (tertiary/aromatic N) is 3. The monoisotopic (exact) mass is 223 g/mol. The van der Waals surface area contributed by atoms with Crippen molar-refractivity contribution in [2.45, 2.75) is 6.04 Å². The van der Waals surface area contributed by atoms with Gasteiger partial charge in [0, 0.05) is 12.4 Å². The minimum absolute atomic E-state index is 0.195. The van der Waals surface area contributed by atoms with E-state index in [4.69, 9.17) is 15.9 Å². The fraction of sp³-hybridized carbons (Fsp3) is 0.333. The molecule has 0 bridgehead atoms. The van der Waals surface area contributed by atoms with E-state index in [-0.39, 0.29) is 13.2 Å². The summed E-state index contributed by atoms with van der Waals surface area (Å²) in [5, 5.41) is 20.8. The number of aliphatic hydroxyl groups excluding tert-OH is 2. The van der Waals surface area contributed by atoms with Crippen LogP contribution in [0.2, 0.25) is 0 Å². The number of aromatic nitrogens is 3. The van der Waals surface area contributed by atoms with Crippen LogP contribution in [0.15, 0.2) is 18.6 Å². The third-order valence-corrected chi connectivity index (χ3v) is 2.17. The zero-order chi connectivity index (χ0) is 11.5. The van der Waals surface area contributed by atoms with Gasteiger partial charge in [-0.2, -0.15) is 0 Å². The number of imidazole rings is 1. The zero-order valence-electron chi connectivity index (χ0n) is 8.54. The minimum atomic E-state index is -0.477. The lowest BCUT2D eigenvalue weighted by Gasteiger charge is -2.14. The summed E-state index contributed by atoms with van der Waals surface area (Å²) >= 11 is 0. The molecule has 0 fully saturated rings. The lowest BCUT2D eigenvalue weighted by Crippen LogP contribution is -2.28. The van der Waals surface area contributed by atoms with Crippen molar-refractivity contribution in [1.29, 1.82) is 0 Å². The minimum Gasteiger partial charge on any atom is -0.394 e. The smallest absolute Gasteiger partial charge is 0.180 e. The van der Waals surface area contributed by atoms with E-state index in [0.717, 1.165) is 0 Å². The number of nitrogens with one attached hydrogen (secondary N) is 1. The Morgan fingerprint density at radius 1 is 1.44 bits per heavy atom. The Kier molecular flexibility index (Phi) is 2.88. The molecule has 5 N–H and O–H groups in total. The number of nitrogens with two attached hydrogens (primary N) is 1. The molecule has 0 saturated carbocycles. The van der Waals surface area contributed by atoms with Crippen molar-refractivity contribution in [2.75, 3.05) is 24.3 Å². The molecular weight excluding hydrogens is 210 g/mol. The lowest BCUT2D eigenvalue weighted by atomic mass is 10.3. The predicted molar refractivity (Wildman–Crippen MR) is 59.0 cm³/mol. The Morgan fingerprint density at radius 3 is 2.88 bits per heavy atom. The summed E-state index contributed by atoms with van der Waals surface area (Å²) in [4.78, 5) is 8.17. The van der Waals surface area contributed by atoms with E-state index in [0.29, 0.717) is 17.3 Å². The Morgan fingerprint density at radius 2 is 2.19 bits per heavy atom. The summed E-state index contributed by atoms with van der Waals surface area (Å²) in [6.07, 6.45) is 5.00. The maximum atomic E-state index is 8.97. The van der Waals surface area contributed by atoms with Gasteiger partial charge in [0.2, 0.25) is 0 Å². The molecule has 2 heterocycles. The summed E-state index contributed by atoms with van der Waals surface area (Å²) in [5.74, 6) is 0.778. The maximum Gasteiger partial charge on any atom is 0.180 e. The van der Waals surface area contributed by atoms with Crippen molar-refractivity contribution < 1.29 is 10.2 Å². The van der Waals surface area contributed by atoms with E-state index < -0.39 is 6.04 Å². The zero-order valence-corrected chi connectivity index (χ0v) is 8.54. The topological polar surface area (TPSA) is 109 Å². The molecule has 0 amide bonds. The van der Waals surface area contributed by atoms with Crippen LogP contribution in [0.1, 0.15) is 0 Å². The van der Waals surface area contributed by atoms with Gasteiger partial charge in [-0.25, -0.2) is 9.97 Å². The highest BCUT2D eigenvalue weighted by molar-refractivity contribution is 5.65. The van der Waals surface area contributed by atoms with Gasteiger partial charge in [-0.15, -0.1) is 0 Å². The molecule has 0 unspecified atom stereocenters. The average molecular weight is 223 g/mol. The summed E-state index contributed by atoms with van der Waals surface area (Å²) in [7, 11) is 0. The van der Waals surface area contributed by atoms with Crippen molar-refractivity contribution in [1.82, 2.24) is 14.4 Å². The molecule has 2 aromatic rings. The van der Waals surface area contributed by atoms with Gasteiger partial charge >= 0.3 is 0 Å². The molecule has 7 nitrogen and oxygen atoms in total. The molecule has 2 rings (SSSR count). The van der Waals surface area contributed by atoms with Crippen LogP contribution in [-0.2, 0) is 0 Å². The number of aliphatic hydroxyl groups is 2. The highest BCUT2D eigenvalue weighted by Crippen LogP contribution is 2.15. The number of hydrogen-bond donors (Lipinski definition) is 4.